The fourth-order valence-electron chi connectivity index (χ4n) is 13.6. The molecule has 2 aromatic rings. The van der Waals surface area contributed by atoms with E-state index >= 15 is 0 Å². The largest absolute Gasteiger partial charge is 0.481 e. The Morgan fingerprint density at radius 2 is 1.70 bits per heavy atom. The Balaban J connectivity index is 1.20. The van der Waals surface area contributed by atoms with E-state index < -0.39 is 17.4 Å². The van der Waals surface area contributed by atoms with Gasteiger partial charge < -0.3 is 20.1 Å². The van der Waals surface area contributed by atoms with E-state index in [9.17, 15) is 24.8 Å². The number of aromatic nitrogens is 5. The van der Waals surface area contributed by atoms with Crippen LogP contribution in [0.25, 0.3) is 11.6 Å². The topological polar surface area (TPSA) is 187 Å². The third kappa shape index (κ3) is 6.27. The van der Waals surface area contributed by atoms with Gasteiger partial charge in [-0.1, -0.05) is 54.0 Å². The van der Waals surface area contributed by atoms with E-state index in [1.165, 1.54) is 18.0 Å². The van der Waals surface area contributed by atoms with Crippen LogP contribution in [0, 0.1) is 67.5 Å². The predicted molar refractivity (Wildman–Crippen MR) is 214 cm³/mol. The van der Waals surface area contributed by atoms with Crippen molar-refractivity contribution in [2.45, 2.75) is 146 Å². The molecule has 0 saturated heterocycles. The first kappa shape index (κ1) is 41.2. The maximum absolute atomic E-state index is 14.3. The van der Waals surface area contributed by atoms with Crippen LogP contribution in [0.15, 0.2) is 23.5 Å². The Morgan fingerprint density at radius 3 is 2.33 bits per heavy atom. The van der Waals surface area contributed by atoms with Crippen LogP contribution < -0.4 is 5.73 Å². The van der Waals surface area contributed by atoms with Crippen LogP contribution in [-0.2, 0) is 32.1 Å². The number of ketones is 1. The summed E-state index contributed by atoms with van der Waals surface area (Å²) in [5, 5.41) is 28.2. The third-order valence-corrected chi connectivity index (χ3v) is 16.6. The monoisotopic (exact) mass is 781 g/mol. The Bertz CT molecular complexity index is 2030. The van der Waals surface area contributed by atoms with Crippen LogP contribution in [-0.4, -0.2) is 60.2 Å². The van der Waals surface area contributed by atoms with Crippen molar-refractivity contribution >= 4 is 17.7 Å². The molecule has 3 N–H and O–H groups in total. The molecule has 12 heteroatoms. The molecule has 57 heavy (non-hydrogen) atoms. The highest BCUT2D eigenvalue weighted by molar-refractivity contribution is 6.00. The van der Waals surface area contributed by atoms with E-state index in [1.807, 2.05) is 4.57 Å². The number of hydrogen-bond donors (Lipinski definition) is 2. The fourth-order valence-corrected chi connectivity index (χ4v) is 13.6. The van der Waals surface area contributed by atoms with E-state index in [-0.39, 0.29) is 57.2 Å². The number of fused-ring (bicyclic) bond motifs is 7. The van der Waals surface area contributed by atoms with Gasteiger partial charge in [0.1, 0.15) is 18.0 Å². The van der Waals surface area contributed by atoms with Crippen LogP contribution in [0.5, 0.6) is 0 Å². The second kappa shape index (κ2) is 14.1. The molecule has 4 saturated carbocycles. The molecule has 5 aliphatic carbocycles. The van der Waals surface area contributed by atoms with Gasteiger partial charge >= 0.3 is 11.9 Å². The lowest BCUT2D eigenvalue weighted by Crippen LogP contribution is -2.65. The molecule has 308 valence electrons. The molecule has 0 aliphatic heterocycles. The van der Waals surface area contributed by atoms with Gasteiger partial charge in [-0.2, -0.15) is 5.26 Å². The van der Waals surface area contributed by atoms with Gasteiger partial charge in [0.25, 0.3) is 0 Å². The van der Waals surface area contributed by atoms with E-state index in [0.29, 0.717) is 55.0 Å². The molecular formula is C45H63N7O5. The average molecular weight is 782 g/mol. The van der Waals surface area contributed by atoms with Crippen molar-refractivity contribution in [3.05, 3.63) is 34.9 Å². The molecule has 7 rings (SSSR count). The highest BCUT2D eigenvalue weighted by atomic mass is 16.5. The first-order valence-corrected chi connectivity index (χ1v) is 21.2. The summed E-state index contributed by atoms with van der Waals surface area (Å²) in [6, 6.07) is 2.07. The maximum Gasteiger partial charge on any atom is 0.309 e. The third-order valence-electron chi connectivity index (χ3n) is 16.6. The molecule has 0 aromatic carbocycles. The predicted octanol–water partition coefficient (Wildman–Crippen LogP) is 7.50. The molecule has 0 spiro atoms. The van der Waals surface area contributed by atoms with Gasteiger partial charge in [-0.3, -0.25) is 14.4 Å². The lowest BCUT2D eigenvalue weighted by Gasteiger charge is -2.72. The van der Waals surface area contributed by atoms with Crippen molar-refractivity contribution in [3.63, 3.8) is 0 Å². The van der Waals surface area contributed by atoms with Crippen LogP contribution in [0.2, 0.25) is 0 Å². The smallest absolute Gasteiger partial charge is 0.309 e. The van der Waals surface area contributed by atoms with Crippen LogP contribution in [0.3, 0.4) is 0 Å². The number of nitrogens with two attached hydrogens (primary N) is 1. The van der Waals surface area contributed by atoms with E-state index in [2.05, 4.69) is 69.6 Å². The number of allylic oxidation sites excluding steroid dienone is 2. The summed E-state index contributed by atoms with van der Waals surface area (Å²) >= 11 is 0. The number of aliphatic carboxylic acids is 1. The Morgan fingerprint density at radius 1 is 1.00 bits per heavy atom. The molecule has 4 fully saturated rings. The highest BCUT2D eigenvalue weighted by Gasteiger charge is 2.70. The number of carbonyl (C=O) groups is 3. The van der Waals surface area contributed by atoms with Gasteiger partial charge in [-0.25, -0.2) is 9.97 Å². The Kier molecular flexibility index (Phi) is 10.2. The second-order valence-electron chi connectivity index (χ2n) is 20.6. The van der Waals surface area contributed by atoms with Crippen LogP contribution in [0.4, 0.5) is 0 Å². The van der Waals surface area contributed by atoms with Crippen molar-refractivity contribution in [1.82, 2.24) is 24.7 Å². The lowest BCUT2D eigenvalue weighted by atomic mass is 9.33. The number of hydrogen-bond acceptors (Lipinski definition) is 10. The molecule has 2 aromatic heterocycles. The highest BCUT2D eigenvalue weighted by Crippen LogP contribution is 2.77. The summed E-state index contributed by atoms with van der Waals surface area (Å²) in [4.78, 5) is 48.1. The number of nitriles is 1. The first-order valence-electron chi connectivity index (χ1n) is 21.2. The van der Waals surface area contributed by atoms with E-state index in [1.54, 1.807) is 13.8 Å². The molecule has 0 bridgehead atoms. The minimum absolute atomic E-state index is 0.0181. The SMILES string of the molecule is CC(C)C1=C2[C@H]3CC[C@@H]4[C@@]5(C)CC[C@H](OC(=O)CC(C)(C)C(=O)O)C(C)(C)[C@@H]5CC[C@@]4(C)[C@]3(C)CC[C@@]2(Cc2nnc(-c3ncc(C#N)cn3)n2CCN)CC1=O. The molecule has 0 radical (unpaired) electrons. The summed E-state index contributed by atoms with van der Waals surface area (Å²) < 4.78 is 8.20. The number of rotatable bonds is 10. The number of Topliss-reactive ketones (excluding diaryl/α,β-unsaturated/α-hetero) is 1. The van der Waals surface area contributed by atoms with Crippen molar-refractivity contribution in [2.24, 2.45) is 61.9 Å². The van der Waals surface area contributed by atoms with Gasteiger partial charge in [0.15, 0.2) is 11.6 Å². The lowest BCUT2D eigenvalue weighted by molar-refractivity contribution is -0.233. The summed E-state index contributed by atoms with van der Waals surface area (Å²) in [5.41, 5.74) is 7.21. The maximum atomic E-state index is 14.3. The standard InChI is InChI=1S/C45H63N7O5/c1-26(2)35-29(53)20-45(21-33-50-51-38(52(33)19-18-46)37-48-24-27(23-47)25-49-37)17-16-43(8)28(36(35)45)10-11-31-42(7)14-13-32(57-34(54)22-40(3,4)39(55)56)41(5,6)30(42)12-15-44(31,43)9/h24-26,28,30-32H,10-22,46H2,1-9H3,(H,55,56)/t28-,30+,31-,32+,42+,43-,44-,45+/m1/s1. The normalized spacial score (nSPS) is 34.5. The second-order valence-corrected chi connectivity index (χ2v) is 20.6. The number of carbonyl (C=O) groups excluding carboxylic acids is 2. The summed E-state index contributed by atoms with van der Waals surface area (Å²) in [5.74, 6) is 1.76. The number of nitrogens with zero attached hydrogens (tertiary/aromatic N) is 6. The molecule has 8 atom stereocenters. The molecule has 2 heterocycles. The number of carboxylic acids is 1. The Hall–Kier alpha value is -3.98. The van der Waals surface area contributed by atoms with Crippen molar-refractivity contribution in [2.75, 3.05) is 6.54 Å². The van der Waals surface area contributed by atoms with Gasteiger partial charge in [-0.15, -0.1) is 10.2 Å². The Labute approximate surface area is 337 Å². The number of carboxylic acid groups (broad SMARTS) is 1. The number of ether oxygens (including phenoxy) is 1. The van der Waals surface area contributed by atoms with Crippen molar-refractivity contribution in [1.29, 1.82) is 5.26 Å². The van der Waals surface area contributed by atoms with Crippen molar-refractivity contribution in [3.8, 4) is 17.7 Å². The minimum atomic E-state index is -1.18. The van der Waals surface area contributed by atoms with Gasteiger partial charge in [0, 0.05) is 49.2 Å². The van der Waals surface area contributed by atoms with E-state index in [4.69, 9.17) is 15.6 Å². The molecular weight excluding hydrogens is 719 g/mol. The summed E-state index contributed by atoms with van der Waals surface area (Å²) in [7, 11) is 0. The average Bonchev–Trinajstić information content (AvgIpc) is 3.66. The summed E-state index contributed by atoms with van der Waals surface area (Å²) in [6.07, 6.45) is 11.5. The quantitative estimate of drug-likeness (QED) is 0.227. The van der Waals surface area contributed by atoms with Gasteiger partial charge in [0.2, 0.25) is 5.82 Å². The van der Waals surface area contributed by atoms with Gasteiger partial charge in [0.05, 0.1) is 17.4 Å². The van der Waals surface area contributed by atoms with Crippen LogP contribution >= 0.6 is 0 Å². The zero-order valence-electron chi connectivity index (χ0n) is 35.6. The first-order chi connectivity index (χ1) is 26.7. The zero-order chi connectivity index (χ0) is 41.5. The van der Waals surface area contributed by atoms with E-state index in [0.717, 1.165) is 62.8 Å². The van der Waals surface area contributed by atoms with Gasteiger partial charge in [-0.05, 0) is 111 Å². The molecule has 5 aliphatic rings. The molecule has 12 nitrogen and oxygen atoms in total. The summed E-state index contributed by atoms with van der Waals surface area (Å²) in [6.45, 7) is 20.5. The number of esters is 1. The molecule has 0 unspecified atom stereocenters. The fraction of sp³-hybridized carbons (Fsp3) is 0.733. The molecule has 0 amide bonds. The minimum Gasteiger partial charge on any atom is -0.481 e. The van der Waals surface area contributed by atoms with Crippen molar-refractivity contribution < 1.29 is 24.2 Å². The zero-order valence-corrected chi connectivity index (χ0v) is 35.6. The van der Waals surface area contributed by atoms with Crippen LogP contribution in [0.1, 0.15) is 138 Å².